The maximum absolute atomic E-state index is 12.2. The number of hydrogen-bond donors (Lipinski definition) is 1. The second kappa shape index (κ2) is 8.34. The minimum Gasteiger partial charge on any atom is -0.467 e. The number of benzene rings is 2. The number of carbonyl (C=O) groups is 2. The molecule has 0 unspecified atom stereocenters. The quantitative estimate of drug-likeness (QED) is 0.828. The largest absolute Gasteiger partial charge is 0.467 e. The fourth-order valence-corrected chi connectivity index (χ4v) is 2.47. The van der Waals surface area contributed by atoms with E-state index in [0.29, 0.717) is 11.4 Å². The number of methoxy groups -OCH3 is 1. The van der Waals surface area contributed by atoms with Gasteiger partial charge < -0.3 is 10.1 Å². The van der Waals surface area contributed by atoms with E-state index in [0.717, 1.165) is 11.1 Å². The molecule has 5 heteroatoms. The molecule has 0 bridgehead atoms. The predicted octanol–water partition coefficient (Wildman–Crippen LogP) is 2.78. The molecule has 0 spiro atoms. The summed E-state index contributed by atoms with van der Waals surface area (Å²) in [5.41, 5.74) is 1.74. The Balaban J connectivity index is 2.03. The monoisotopic (exact) mass is 331 g/mol. The molecule has 23 heavy (non-hydrogen) atoms. The molecule has 0 fully saturated rings. The first-order chi connectivity index (χ1) is 11.1. The van der Waals surface area contributed by atoms with Gasteiger partial charge in [0, 0.05) is 11.4 Å². The maximum atomic E-state index is 12.2. The highest BCUT2D eigenvalue weighted by molar-refractivity contribution is 6.30. The van der Waals surface area contributed by atoms with Crippen LogP contribution in [0.3, 0.4) is 0 Å². The van der Waals surface area contributed by atoms with Gasteiger partial charge in [0.2, 0.25) is 5.91 Å². The van der Waals surface area contributed by atoms with Crippen LogP contribution in [0.25, 0.3) is 0 Å². The highest BCUT2D eigenvalue weighted by Crippen LogP contribution is 2.13. The Bertz CT molecular complexity index is 673. The Kier molecular flexibility index (Phi) is 6.18. The van der Waals surface area contributed by atoms with Crippen LogP contribution in [0.15, 0.2) is 54.6 Å². The van der Waals surface area contributed by atoms with E-state index in [1.54, 1.807) is 18.2 Å². The second-order valence-corrected chi connectivity index (χ2v) is 5.58. The Morgan fingerprint density at radius 1 is 1.09 bits per heavy atom. The van der Waals surface area contributed by atoms with E-state index in [1.165, 1.54) is 7.11 Å². The smallest absolute Gasteiger partial charge is 0.328 e. The van der Waals surface area contributed by atoms with Crippen molar-refractivity contribution in [3.63, 3.8) is 0 Å². The normalized spacial score (nSPS) is 11.6. The molecule has 0 aromatic heterocycles. The van der Waals surface area contributed by atoms with Crippen LogP contribution in [0.4, 0.5) is 0 Å². The van der Waals surface area contributed by atoms with E-state index in [1.807, 2.05) is 36.4 Å². The Morgan fingerprint density at radius 2 is 1.78 bits per heavy atom. The van der Waals surface area contributed by atoms with E-state index in [4.69, 9.17) is 16.3 Å². The van der Waals surface area contributed by atoms with Crippen LogP contribution in [-0.4, -0.2) is 25.0 Å². The van der Waals surface area contributed by atoms with Crippen molar-refractivity contribution < 1.29 is 14.3 Å². The molecule has 1 amide bonds. The number of amides is 1. The van der Waals surface area contributed by atoms with Gasteiger partial charge in [0.25, 0.3) is 0 Å². The molecule has 0 aliphatic heterocycles. The first-order valence-corrected chi connectivity index (χ1v) is 7.62. The molecule has 1 N–H and O–H groups in total. The molecule has 120 valence electrons. The van der Waals surface area contributed by atoms with Crippen molar-refractivity contribution in [3.8, 4) is 0 Å². The minimum absolute atomic E-state index is 0.212. The molecule has 0 aliphatic rings. The Labute approximate surface area is 140 Å². The summed E-state index contributed by atoms with van der Waals surface area (Å²) in [6.07, 6.45) is 0.539. The van der Waals surface area contributed by atoms with Crippen molar-refractivity contribution in [2.24, 2.45) is 0 Å². The van der Waals surface area contributed by atoms with Crippen LogP contribution in [-0.2, 0) is 27.2 Å². The zero-order valence-electron chi connectivity index (χ0n) is 12.8. The lowest BCUT2D eigenvalue weighted by Gasteiger charge is -2.17. The van der Waals surface area contributed by atoms with Gasteiger partial charge in [0.1, 0.15) is 6.04 Å². The molecule has 0 heterocycles. The van der Waals surface area contributed by atoms with Crippen molar-refractivity contribution in [1.82, 2.24) is 5.32 Å². The third kappa shape index (κ3) is 5.42. The summed E-state index contributed by atoms with van der Waals surface area (Å²) in [5, 5.41) is 3.31. The van der Waals surface area contributed by atoms with Crippen molar-refractivity contribution in [1.29, 1.82) is 0 Å². The maximum Gasteiger partial charge on any atom is 0.328 e. The van der Waals surface area contributed by atoms with Gasteiger partial charge >= 0.3 is 5.97 Å². The molecule has 0 saturated heterocycles. The van der Waals surface area contributed by atoms with Crippen LogP contribution < -0.4 is 5.32 Å². The van der Waals surface area contributed by atoms with Crippen LogP contribution >= 0.6 is 11.6 Å². The molecular formula is C18H18ClNO3. The molecule has 0 aliphatic carbocycles. The Hall–Kier alpha value is -2.33. The second-order valence-electron chi connectivity index (χ2n) is 5.14. The SMILES string of the molecule is COC(=O)[C@@H](Cc1cccc(Cl)c1)NC(=O)Cc1ccccc1. The zero-order valence-corrected chi connectivity index (χ0v) is 13.5. The topological polar surface area (TPSA) is 55.4 Å². The van der Waals surface area contributed by atoms with Crippen LogP contribution in [0, 0.1) is 0 Å². The van der Waals surface area contributed by atoms with Crippen molar-refractivity contribution in [2.45, 2.75) is 18.9 Å². The molecule has 4 nitrogen and oxygen atoms in total. The van der Waals surface area contributed by atoms with Crippen LogP contribution in [0.2, 0.25) is 5.02 Å². The molecular weight excluding hydrogens is 314 g/mol. The zero-order chi connectivity index (χ0) is 16.7. The van der Waals surface area contributed by atoms with Crippen molar-refractivity contribution >= 4 is 23.5 Å². The molecule has 2 aromatic carbocycles. The number of esters is 1. The number of carbonyl (C=O) groups excluding carboxylic acids is 2. The van der Waals surface area contributed by atoms with Crippen molar-refractivity contribution in [3.05, 3.63) is 70.7 Å². The molecule has 2 aromatic rings. The average molecular weight is 332 g/mol. The van der Waals surface area contributed by atoms with Crippen LogP contribution in [0.5, 0.6) is 0 Å². The third-order valence-corrected chi connectivity index (χ3v) is 3.59. The lowest BCUT2D eigenvalue weighted by Crippen LogP contribution is -2.43. The van der Waals surface area contributed by atoms with Gasteiger partial charge in [0.05, 0.1) is 13.5 Å². The van der Waals surface area contributed by atoms with Gasteiger partial charge in [-0.15, -0.1) is 0 Å². The predicted molar refractivity (Wildman–Crippen MR) is 89.2 cm³/mol. The molecule has 1 atom stereocenters. The highest BCUT2D eigenvalue weighted by atomic mass is 35.5. The fraction of sp³-hybridized carbons (Fsp3) is 0.222. The lowest BCUT2D eigenvalue weighted by molar-refractivity contribution is -0.145. The van der Waals surface area contributed by atoms with Crippen molar-refractivity contribution in [2.75, 3.05) is 7.11 Å². The van der Waals surface area contributed by atoms with E-state index in [-0.39, 0.29) is 12.3 Å². The molecule has 0 radical (unpaired) electrons. The van der Waals surface area contributed by atoms with E-state index in [2.05, 4.69) is 5.32 Å². The first kappa shape index (κ1) is 17.0. The van der Waals surface area contributed by atoms with Gasteiger partial charge in [-0.2, -0.15) is 0 Å². The summed E-state index contributed by atoms with van der Waals surface area (Å²) in [4.78, 5) is 24.1. The van der Waals surface area contributed by atoms with Crippen LogP contribution in [0.1, 0.15) is 11.1 Å². The van der Waals surface area contributed by atoms with E-state index < -0.39 is 12.0 Å². The lowest BCUT2D eigenvalue weighted by atomic mass is 10.1. The average Bonchev–Trinajstić information content (AvgIpc) is 2.54. The molecule has 0 saturated carbocycles. The summed E-state index contributed by atoms with van der Waals surface area (Å²) in [7, 11) is 1.30. The number of rotatable bonds is 6. The van der Waals surface area contributed by atoms with Gasteiger partial charge in [-0.25, -0.2) is 4.79 Å². The summed E-state index contributed by atoms with van der Waals surface area (Å²) >= 11 is 5.95. The van der Waals surface area contributed by atoms with Gasteiger partial charge in [-0.3, -0.25) is 4.79 Å². The fourth-order valence-electron chi connectivity index (χ4n) is 2.26. The summed E-state index contributed by atoms with van der Waals surface area (Å²) in [5.74, 6) is -0.708. The highest BCUT2D eigenvalue weighted by Gasteiger charge is 2.22. The van der Waals surface area contributed by atoms with Gasteiger partial charge in [0.15, 0.2) is 0 Å². The summed E-state index contributed by atoms with van der Waals surface area (Å²) in [6.45, 7) is 0. The minimum atomic E-state index is -0.741. The third-order valence-electron chi connectivity index (χ3n) is 3.36. The van der Waals surface area contributed by atoms with Gasteiger partial charge in [-0.1, -0.05) is 54.1 Å². The first-order valence-electron chi connectivity index (χ1n) is 7.24. The molecule has 2 rings (SSSR count). The number of hydrogen-bond acceptors (Lipinski definition) is 3. The number of nitrogens with one attached hydrogen (secondary N) is 1. The Morgan fingerprint density at radius 3 is 2.43 bits per heavy atom. The summed E-state index contributed by atoms with van der Waals surface area (Å²) < 4.78 is 4.78. The number of halogens is 1. The standard InChI is InChI=1S/C18H18ClNO3/c1-23-18(22)16(11-14-8-5-9-15(19)10-14)20-17(21)12-13-6-3-2-4-7-13/h2-10,16H,11-12H2,1H3,(H,20,21)/t16-/m1/s1. The summed E-state index contributed by atoms with van der Waals surface area (Å²) in [6, 6.07) is 15.8. The van der Waals surface area contributed by atoms with E-state index in [9.17, 15) is 9.59 Å². The van der Waals surface area contributed by atoms with E-state index >= 15 is 0 Å². The van der Waals surface area contributed by atoms with Gasteiger partial charge in [-0.05, 0) is 23.3 Å². The number of ether oxygens (including phenoxy) is 1.